The first-order valence-corrected chi connectivity index (χ1v) is 5.85. The number of rotatable bonds is 3. The van der Waals surface area contributed by atoms with E-state index in [0.29, 0.717) is 11.8 Å². The quantitative estimate of drug-likeness (QED) is 0.807. The number of halogens is 2. The fourth-order valence-corrected chi connectivity index (χ4v) is 1.43. The molecule has 1 heterocycles. The Morgan fingerprint density at radius 1 is 1.31 bits per heavy atom. The van der Waals surface area contributed by atoms with E-state index in [9.17, 15) is 4.39 Å². The Labute approximate surface area is 101 Å². The van der Waals surface area contributed by atoms with Crippen LogP contribution in [-0.4, -0.2) is 10.2 Å². The third-order valence-electron chi connectivity index (χ3n) is 2.16. The molecule has 1 atom stereocenters. The van der Waals surface area contributed by atoms with Gasteiger partial charge in [-0.2, -0.15) is 0 Å². The molecule has 0 N–H and O–H groups in total. The molecule has 0 saturated carbocycles. The Morgan fingerprint density at radius 2 is 2.00 bits per heavy atom. The molecule has 1 unspecified atom stereocenters. The van der Waals surface area contributed by atoms with Gasteiger partial charge in [0.25, 0.3) is 0 Å². The molecule has 0 aliphatic carbocycles. The van der Waals surface area contributed by atoms with Gasteiger partial charge < -0.3 is 4.42 Å². The Morgan fingerprint density at radius 3 is 2.62 bits per heavy atom. The standard InChI is InChI=1S/C11H10BrFN2O/c1-2-9(12)11-15-14-10(16-11)7-3-5-8(13)6-4-7/h3-6,9H,2H2,1H3. The molecular formula is C11H10BrFN2O. The molecule has 0 radical (unpaired) electrons. The largest absolute Gasteiger partial charge is 0.419 e. The molecule has 0 saturated heterocycles. The second-order valence-electron chi connectivity index (χ2n) is 3.33. The van der Waals surface area contributed by atoms with Crippen molar-refractivity contribution in [2.75, 3.05) is 0 Å². The van der Waals surface area contributed by atoms with Crippen LogP contribution in [0.1, 0.15) is 24.1 Å². The zero-order valence-corrected chi connectivity index (χ0v) is 10.2. The van der Waals surface area contributed by atoms with Crippen molar-refractivity contribution < 1.29 is 8.81 Å². The number of nitrogens with zero attached hydrogens (tertiary/aromatic N) is 2. The highest BCUT2D eigenvalue weighted by atomic mass is 79.9. The van der Waals surface area contributed by atoms with Crippen LogP contribution < -0.4 is 0 Å². The van der Waals surface area contributed by atoms with Gasteiger partial charge >= 0.3 is 0 Å². The fourth-order valence-electron chi connectivity index (χ4n) is 1.24. The molecule has 16 heavy (non-hydrogen) atoms. The first kappa shape index (κ1) is 11.3. The molecule has 0 aliphatic rings. The van der Waals surface area contributed by atoms with Crippen molar-refractivity contribution in [2.45, 2.75) is 18.2 Å². The summed E-state index contributed by atoms with van der Waals surface area (Å²) in [6.07, 6.45) is 0.866. The van der Waals surface area contributed by atoms with Crippen molar-refractivity contribution in [1.82, 2.24) is 10.2 Å². The molecule has 0 aliphatic heterocycles. The predicted molar refractivity (Wildman–Crippen MR) is 61.7 cm³/mol. The molecule has 2 rings (SSSR count). The van der Waals surface area contributed by atoms with Crippen molar-refractivity contribution in [3.8, 4) is 11.5 Å². The summed E-state index contributed by atoms with van der Waals surface area (Å²) in [4.78, 5) is 0.0641. The summed E-state index contributed by atoms with van der Waals surface area (Å²) in [7, 11) is 0. The van der Waals surface area contributed by atoms with Crippen LogP contribution in [0.25, 0.3) is 11.5 Å². The molecule has 2 aromatic rings. The van der Waals surface area contributed by atoms with Crippen molar-refractivity contribution in [3.05, 3.63) is 36.0 Å². The van der Waals surface area contributed by atoms with Crippen molar-refractivity contribution >= 4 is 15.9 Å². The maximum Gasteiger partial charge on any atom is 0.247 e. The smallest absolute Gasteiger partial charge is 0.247 e. The molecule has 0 spiro atoms. The second-order valence-corrected chi connectivity index (χ2v) is 4.43. The zero-order chi connectivity index (χ0) is 11.5. The summed E-state index contributed by atoms with van der Waals surface area (Å²) in [5.41, 5.74) is 0.718. The topological polar surface area (TPSA) is 38.9 Å². The first-order chi connectivity index (χ1) is 7.70. The average molecular weight is 285 g/mol. The van der Waals surface area contributed by atoms with E-state index in [1.165, 1.54) is 12.1 Å². The van der Waals surface area contributed by atoms with Crippen LogP contribution in [0.4, 0.5) is 4.39 Å². The highest BCUT2D eigenvalue weighted by Crippen LogP contribution is 2.27. The van der Waals surface area contributed by atoms with E-state index >= 15 is 0 Å². The molecule has 1 aromatic carbocycles. The molecule has 0 fully saturated rings. The molecule has 3 nitrogen and oxygen atoms in total. The number of hydrogen-bond donors (Lipinski definition) is 0. The Balaban J connectivity index is 2.28. The lowest BCUT2D eigenvalue weighted by molar-refractivity contribution is 0.500. The van der Waals surface area contributed by atoms with Crippen molar-refractivity contribution in [2.24, 2.45) is 0 Å². The van der Waals surface area contributed by atoms with Gasteiger partial charge in [0.05, 0.1) is 4.83 Å². The van der Waals surface area contributed by atoms with E-state index in [4.69, 9.17) is 4.42 Å². The lowest BCUT2D eigenvalue weighted by Crippen LogP contribution is -1.86. The Kier molecular flexibility index (Phi) is 3.33. The predicted octanol–water partition coefficient (Wildman–Crippen LogP) is 3.72. The van der Waals surface area contributed by atoms with Gasteiger partial charge in [-0.25, -0.2) is 4.39 Å². The minimum atomic E-state index is -0.282. The third-order valence-corrected chi connectivity index (χ3v) is 3.20. The van der Waals surface area contributed by atoms with Crippen LogP contribution in [0.3, 0.4) is 0 Å². The summed E-state index contributed by atoms with van der Waals surface area (Å²) >= 11 is 3.43. The number of benzene rings is 1. The van der Waals surface area contributed by atoms with Gasteiger partial charge in [0.2, 0.25) is 11.8 Å². The van der Waals surface area contributed by atoms with Crippen molar-refractivity contribution in [1.29, 1.82) is 0 Å². The van der Waals surface area contributed by atoms with Gasteiger partial charge in [-0.3, -0.25) is 0 Å². The maximum atomic E-state index is 12.7. The molecular weight excluding hydrogens is 275 g/mol. The number of aromatic nitrogens is 2. The van der Waals surface area contributed by atoms with Gasteiger partial charge in [0.15, 0.2) is 0 Å². The summed E-state index contributed by atoms with van der Waals surface area (Å²) in [5, 5.41) is 7.84. The number of hydrogen-bond acceptors (Lipinski definition) is 3. The summed E-state index contributed by atoms with van der Waals surface area (Å²) in [5.74, 6) is 0.671. The van der Waals surface area contributed by atoms with E-state index in [2.05, 4.69) is 26.1 Å². The molecule has 0 bridgehead atoms. The SMILES string of the molecule is CCC(Br)c1nnc(-c2ccc(F)cc2)o1. The summed E-state index contributed by atoms with van der Waals surface area (Å²) in [6.45, 7) is 2.02. The van der Waals surface area contributed by atoms with Gasteiger partial charge in [-0.05, 0) is 30.7 Å². The zero-order valence-electron chi connectivity index (χ0n) is 8.65. The Bertz CT molecular complexity index is 469. The third kappa shape index (κ3) is 2.29. The lowest BCUT2D eigenvalue weighted by Gasteiger charge is -1.98. The lowest BCUT2D eigenvalue weighted by atomic mass is 10.2. The van der Waals surface area contributed by atoms with E-state index in [1.54, 1.807) is 12.1 Å². The van der Waals surface area contributed by atoms with E-state index < -0.39 is 0 Å². The van der Waals surface area contributed by atoms with Gasteiger partial charge in [-0.1, -0.05) is 22.9 Å². The van der Waals surface area contributed by atoms with E-state index in [0.717, 1.165) is 12.0 Å². The van der Waals surface area contributed by atoms with Gasteiger partial charge in [0, 0.05) is 5.56 Å². The summed E-state index contributed by atoms with van der Waals surface area (Å²) in [6, 6.07) is 5.96. The van der Waals surface area contributed by atoms with Gasteiger partial charge in [0.1, 0.15) is 5.82 Å². The molecule has 0 amide bonds. The fraction of sp³-hybridized carbons (Fsp3) is 0.273. The maximum absolute atomic E-state index is 12.7. The molecule has 5 heteroatoms. The van der Waals surface area contributed by atoms with Crippen LogP contribution in [0, 0.1) is 5.82 Å². The second kappa shape index (κ2) is 4.74. The highest BCUT2D eigenvalue weighted by Gasteiger charge is 2.14. The summed E-state index contributed by atoms with van der Waals surface area (Å²) < 4.78 is 18.2. The van der Waals surface area contributed by atoms with Crippen LogP contribution in [-0.2, 0) is 0 Å². The van der Waals surface area contributed by atoms with Crippen LogP contribution >= 0.6 is 15.9 Å². The highest BCUT2D eigenvalue weighted by molar-refractivity contribution is 9.09. The normalized spacial score (nSPS) is 12.7. The van der Waals surface area contributed by atoms with Crippen LogP contribution in [0.5, 0.6) is 0 Å². The molecule has 84 valence electrons. The van der Waals surface area contributed by atoms with Gasteiger partial charge in [-0.15, -0.1) is 10.2 Å². The monoisotopic (exact) mass is 284 g/mol. The average Bonchev–Trinajstić information content (AvgIpc) is 2.78. The van der Waals surface area contributed by atoms with E-state index in [-0.39, 0.29) is 10.6 Å². The van der Waals surface area contributed by atoms with E-state index in [1.807, 2.05) is 6.92 Å². The van der Waals surface area contributed by atoms with Crippen molar-refractivity contribution in [3.63, 3.8) is 0 Å². The molecule has 1 aromatic heterocycles. The first-order valence-electron chi connectivity index (χ1n) is 4.94. The van der Waals surface area contributed by atoms with Crippen LogP contribution in [0.15, 0.2) is 28.7 Å². The Hall–Kier alpha value is -1.23. The minimum Gasteiger partial charge on any atom is -0.419 e. The number of alkyl halides is 1. The minimum absolute atomic E-state index is 0.0641. The van der Waals surface area contributed by atoms with Crippen LogP contribution in [0.2, 0.25) is 0 Å².